The number of hydrogen-bond acceptors (Lipinski definition) is 4. The second-order valence-electron chi connectivity index (χ2n) is 5.53. The lowest BCUT2D eigenvalue weighted by Gasteiger charge is -2.29. The number of rotatable bonds is 7. The first-order chi connectivity index (χ1) is 9.43. The third-order valence-corrected chi connectivity index (χ3v) is 3.58. The molecule has 2 atom stereocenters. The highest BCUT2D eigenvalue weighted by Crippen LogP contribution is 2.13. The molecule has 0 amide bonds. The van der Waals surface area contributed by atoms with Gasteiger partial charge in [0.25, 0.3) is 0 Å². The molecule has 1 rings (SSSR count). The Kier molecular flexibility index (Phi) is 6.50. The molecule has 2 unspecified atom stereocenters. The maximum absolute atomic E-state index is 9.99. The Morgan fingerprint density at radius 3 is 2.35 bits per heavy atom. The molecular weight excluding hydrogens is 252 g/mol. The molecule has 4 heteroatoms. The molecule has 1 N–H and O–H groups in total. The lowest BCUT2D eigenvalue weighted by molar-refractivity contribution is 0.0583. The standard InChI is InChI=1S/C16H24N2O2/c1-12(2)13(3)18(4)10-15(19)11-20-16-7-5-14(9-17)6-8-16/h5-8,12-13,15,19H,10-11H2,1-4H3. The molecular formula is C16H24N2O2. The van der Waals surface area contributed by atoms with Gasteiger partial charge in [0, 0.05) is 12.6 Å². The summed E-state index contributed by atoms with van der Waals surface area (Å²) in [6.07, 6.45) is -0.531. The Balaban J connectivity index is 2.39. The van der Waals surface area contributed by atoms with Gasteiger partial charge in [-0.05, 0) is 44.2 Å². The molecule has 0 spiro atoms. The van der Waals surface area contributed by atoms with Crippen molar-refractivity contribution >= 4 is 0 Å². The zero-order valence-corrected chi connectivity index (χ0v) is 12.7. The third kappa shape index (κ3) is 5.20. The van der Waals surface area contributed by atoms with Gasteiger partial charge in [0.15, 0.2) is 0 Å². The van der Waals surface area contributed by atoms with Gasteiger partial charge in [-0.2, -0.15) is 5.26 Å². The largest absolute Gasteiger partial charge is 0.491 e. The van der Waals surface area contributed by atoms with Crippen LogP contribution in [-0.2, 0) is 0 Å². The van der Waals surface area contributed by atoms with E-state index in [0.717, 1.165) is 0 Å². The predicted octanol–water partition coefficient (Wildman–Crippen LogP) is 2.27. The molecule has 0 aliphatic heterocycles. The van der Waals surface area contributed by atoms with E-state index in [1.165, 1.54) is 0 Å². The zero-order chi connectivity index (χ0) is 15.1. The first-order valence-electron chi connectivity index (χ1n) is 6.95. The van der Waals surface area contributed by atoms with E-state index in [4.69, 9.17) is 10.00 Å². The average molecular weight is 276 g/mol. The van der Waals surface area contributed by atoms with Crippen LogP contribution in [0.3, 0.4) is 0 Å². The fraction of sp³-hybridized carbons (Fsp3) is 0.562. The predicted molar refractivity (Wildman–Crippen MR) is 79.6 cm³/mol. The SMILES string of the molecule is CC(C)C(C)N(C)CC(O)COc1ccc(C#N)cc1. The van der Waals surface area contributed by atoms with Crippen LogP contribution in [0.5, 0.6) is 5.75 Å². The molecule has 1 aromatic carbocycles. The molecule has 0 saturated heterocycles. The number of ether oxygens (including phenoxy) is 1. The van der Waals surface area contributed by atoms with Gasteiger partial charge in [0.05, 0.1) is 11.6 Å². The van der Waals surface area contributed by atoms with Gasteiger partial charge in [0.1, 0.15) is 18.5 Å². The van der Waals surface area contributed by atoms with E-state index >= 15 is 0 Å². The number of nitriles is 1. The Bertz CT molecular complexity index is 437. The molecule has 4 nitrogen and oxygen atoms in total. The Morgan fingerprint density at radius 2 is 1.85 bits per heavy atom. The summed E-state index contributed by atoms with van der Waals surface area (Å²) in [6, 6.07) is 9.36. The summed E-state index contributed by atoms with van der Waals surface area (Å²) < 4.78 is 5.52. The smallest absolute Gasteiger partial charge is 0.119 e. The molecule has 0 aliphatic rings. The van der Waals surface area contributed by atoms with Crippen LogP contribution in [0.15, 0.2) is 24.3 Å². The van der Waals surface area contributed by atoms with E-state index in [1.807, 2.05) is 7.05 Å². The van der Waals surface area contributed by atoms with Crippen LogP contribution in [0.4, 0.5) is 0 Å². The number of likely N-dealkylation sites (N-methyl/N-ethyl adjacent to an activating group) is 1. The first-order valence-corrected chi connectivity index (χ1v) is 6.95. The van der Waals surface area contributed by atoms with Crippen molar-refractivity contribution in [3.05, 3.63) is 29.8 Å². The normalized spacial score (nSPS) is 14.1. The molecule has 1 aromatic rings. The molecule has 0 heterocycles. The minimum Gasteiger partial charge on any atom is -0.491 e. The van der Waals surface area contributed by atoms with Crippen molar-refractivity contribution in [3.8, 4) is 11.8 Å². The van der Waals surface area contributed by atoms with Crippen LogP contribution in [0.1, 0.15) is 26.3 Å². The number of hydrogen-bond donors (Lipinski definition) is 1. The van der Waals surface area contributed by atoms with Crippen LogP contribution in [0.25, 0.3) is 0 Å². The Labute approximate surface area is 121 Å². The lowest BCUT2D eigenvalue weighted by atomic mass is 10.1. The molecule has 0 saturated carbocycles. The molecule has 20 heavy (non-hydrogen) atoms. The van der Waals surface area contributed by atoms with Crippen molar-refractivity contribution in [1.82, 2.24) is 4.90 Å². The van der Waals surface area contributed by atoms with E-state index in [9.17, 15) is 5.11 Å². The maximum Gasteiger partial charge on any atom is 0.119 e. The molecule has 110 valence electrons. The quantitative estimate of drug-likeness (QED) is 0.830. The summed E-state index contributed by atoms with van der Waals surface area (Å²) in [5.41, 5.74) is 0.600. The third-order valence-electron chi connectivity index (χ3n) is 3.58. The van der Waals surface area contributed by atoms with Gasteiger partial charge in [-0.25, -0.2) is 0 Å². The number of nitrogens with zero attached hydrogens (tertiary/aromatic N) is 2. The van der Waals surface area contributed by atoms with Crippen molar-refractivity contribution in [2.24, 2.45) is 5.92 Å². The number of benzene rings is 1. The van der Waals surface area contributed by atoms with Crippen LogP contribution < -0.4 is 4.74 Å². The highest BCUT2D eigenvalue weighted by Gasteiger charge is 2.16. The molecule has 0 fully saturated rings. The highest BCUT2D eigenvalue weighted by atomic mass is 16.5. The van der Waals surface area contributed by atoms with E-state index in [2.05, 4.69) is 31.7 Å². The summed E-state index contributed by atoms with van der Waals surface area (Å²) in [5, 5.41) is 18.7. The minimum atomic E-state index is -0.531. The Hall–Kier alpha value is -1.57. The van der Waals surface area contributed by atoms with Gasteiger partial charge in [-0.15, -0.1) is 0 Å². The topological polar surface area (TPSA) is 56.5 Å². The van der Waals surface area contributed by atoms with Gasteiger partial charge in [-0.3, -0.25) is 0 Å². The monoisotopic (exact) mass is 276 g/mol. The lowest BCUT2D eigenvalue weighted by Crippen LogP contribution is -2.40. The highest BCUT2D eigenvalue weighted by molar-refractivity contribution is 5.34. The fourth-order valence-corrected chi connectivity index (χ4v) is 1.88. The van der Waals surface area contributed by atoms with Crippen molar-refractivity contribution in [1.29, 1.82) is 5.26 Å². The zero-order valence-electron chi connectivity index (χ0n) is 12.7. The second kappa shape index (κ2) is 7.88. The summed E-state index contributed by atoms with van der Waals surface area (Å²) >= 11 is 0. The first kappa shape index (κ1) is 16.5. The summed E-state index contributed by atoms with van der Waals surface area (Å²) in [7, 11) is 2.01. The van der Waals surface area contributed by atoms with E-state index in [1.54, 1.807) is 24.3 Å². The van der Waals surface area contributed by atoms with Crippen LogP contribution in [-0.4, -0.2) is 42.4 Å². The molecule has 0 aromatic heterocycles. The minimum absolute atomic E-state index is 0.251. The maximum atomic E-state index is 9.99. The van der Waals surface area contributed by atoms with E-state index < -0.39 is 6.10 Å². The van der Waals surface area contributed by atoms with Crippen molar-refractivity contribution in [2.75, 3.05) is 20.2 Å². The summed E-state index contributed by atoms with van der Waals surface area (Å²) in [6.45, 7) is 7.32. The summed E-state index contributed by atoms with van der Waals surface area (Å²) in [4.78, 5) is 2.14. The van der Waals surface area contributed by atoms with Gasteiger partial charge < -0.3 is 14.7 Å². The Morgan fingerprint density at radius 1 is 1.25 bits per heavy atom. The van der Waals surface area contributed by atoms with Crippen LogP contribution in [0, 0.1) is 17.2 Å². The molecule has 0 radical (unpaired) electrons. The molecule has 0 bridgehead atoms. The average Bonchev–Trinajstić information content (AvgIpc) is 2.44. The second-order valence-corrected chi connectivity index (χ2v) is 5.53. The fourth-order valence-electron chi connectivity index (χ4n) is 1.88. The molecule has 0 aliphatic carbocycles. The van der Waals surface area contributed by atoms with Gasteiger partial charge in [0.2, 0.25) is 0 Å². The number of aliphatic hydroxyl groups excluding tert-OH is 1. The van der Waals surface area contributed by atoms with Gasteiger partial charge >= 0.3 is 0 Å². The van der Waals surface area contributed by atoms with E-state index in [0.29, 0.717) is 29.8 Å². The van der Waals surface area contributed by atoms with Crippen molar-refractivity contribution in [3.63, 3.8) is 0 Å². The van der Waals surface area contributed by atoms with Crippen molar-refractivity contribution in [2.45, 2.75) is 32.9 Å². The van der Waals surface area contributed by atoms with Gasteiger partial charge in [-0.1, -0.05) is 13.8 Å². The van der Waals surface area contributed by atoms with E-state index in [-0.39, 0.29) is 6.61 Å². The van der Waals surface area contributed by atoms with Crippen molar-refractivity contribution < 1.29 is 9.84 Å². The summed E-state index contributed by atoms with van der Waals surface area (Å²) in [5.74, 6) is 1.22. The number of aliphatic hydroxyl groups is 1. The van der Waals surface area contributed by atoms with Crippen LogP contribution in [0.2, 0.25) is 0 Å². The van der Waals surface area contributed by atoms with Crippen LogP contribution >= 0.6 is 0 Å².